The number of rotatable bonds is 3. The van der Waals surface area contributed by atoms with E-state index in [0.717, 1.165) is 11.3 Å². The molecule has 0 radical (unpaired) electrons. The number of nitriles is 1. The minimum atomic E-state index is -0.254. The molecule has 4 rings (SSSR count). The third-order valence-electron chi connectivity index (χ3n) is 4.28. The maximum absolute atomic E-state index is 12.9. The highest BCUT2D eigenvalue weighted by Crippen LogP contribution is 2.21. The van der Waals surface area contributed by atoms with Crippen LogP contribution in [-0.2, 0) is 0 Å². The Morgan fingerprint density at radius 2 is 1.81 bits per heavy atom. The zero-order chi connectivity index (χ0) is 18.8. The van der Waals surface area contributed by atoms with Gasteiger partial charge in [0.1, 0.15) is 5.69 Å². The van der Waals surface area contributed by atoms with Crippen molar-refractivity contribution in [1.82, 2.24) is 19.4 Å². The number of hydrogen-bond acceptors (Lipinski definition) is 5. The lowest BCUT2D eigenvalue weighted by atomic mass is 10.2. The van der Waals surface area contributed by atoms with Crippen molar-refractivity contribution in [3.05, 3.63) is 78.6 Å². The highest BCUT2D eigenvalue weighted by molar-refractivity contribution is 6.04. The number of nitrogens with zero attached hydrogens (tertiary/aromatic N) is 6. The van der Waals surface area contributed by atoms with E-state index in [2.05, 4.69) is 21.0 Å². The third kappa shape index (κ3) is 3.00. The summed E-state index contributed by atoms with van der Waals surface area (Å²) in [7, 11) is 1.67. The molecular formula is C20H14N6O. The smallest absolute Gasteiger partial charge is 0.278 e. The van der Waals surface area contributed by atoms with Gasteiger partial charge in [-0.25, -0.2) is 9.97 Å². The number of carbonyl (C=O) groups excluding carboxylic acids is 1. The fourth-order valence-electron chi connectivity index (χ4n) is 2.78. The second-order valence-corrected chi connectivity index (χ2v) is 5.90. The summed E-state index contributed by atoms with van der Waals surface area (Å²) in [6.07, 6.45) is 8.41. The topological polar surface area (TPSA) is 87.2 Å². The van der Waals surface area contributed by atoms with E-state index in [4.69, 9.17) is 5.26 Å². The van der Waals surface area contributed by atoms with E-state index in [1.54, 1.807) is 62.3 Å². The first kappa shape index (κ1) is 16.4. The van der Waals surface area contributed by atoms with Crippen molar-refractivity contribution in [1.29, 1.82) is 5.26 Å². The SMILES string of the molecule is CN(C(=O)c1cn2c(-c3ccncc3)cnc2cn1)c1ccc(C#N)cc1. The molecule has 0 aliphatic heterocycles. The van der Waals surface area contributed by atoms with Crippen LogP contribution in [0.2, 0.25) is 0 Å². The quantitative estimate of drug-likeness (QED) is 0.564. The molecule has 1 amide bonds. The van der Waals surface area contributed by atoms with Gasteiger partial charge in [0.05, 0.1) is 29.7 Å². The summed E-state index contributed by atoms with van der Waals surface area (Å²) in [5, 5.41) is 8.90. The molecule has 1 aromatic carbocycles. The van der Waals surface area contributed by atoms with Gasteiger partial charge in [-0.05, 0) is 36.4 Å². The van der Waals surface area contributed by atoms with E-state index in [1.807, 2.05) is 16.5 Å². The van der Waals surface area contributed by atoms with E-state index in [1.165, 1.54) is 4.90 Å². The zero-order valence-electron chi connectivity index (χ0n) is 14.4. The summed E-state index contributed by atoms with van der Waals surface area (Å²) < 4.78 is 1.84. The first-order valence-electron chi connectivity index (χ1n) is 8.19. The van der Waals surface area contributed by atoms with Gasteiger partial charge in [0, 0.05) is 36.9 Å². The molecule has 0 N–H and O–H groups in total. The van der Waals surface area contributed by atoms with E-state index in [-0.39, 0.29) is 5.91 Å². The Bertz CT molecular complexity index is 1160. The Morgan fingerprint density at radius 1 is 1.07 bits per heavy atom. The van der Waals surface area contributed by atoms with E-state index < -0.39 is 0 Å². The normalized spacial score (nSPS) is 10.5. The predicted molar refractivity (Wildman–Crippen MR) is 100 cm³/mol. The average Bonchev–Trinajstić information content (AvgIpc) is 3.16. The Morgan fingerprint density at radius 3 is 2.52 bits per heavy atom. The van der Waals surface area contributed by atoms with Crippen molar-refractivity contribution in [3.8, 4) is 17.3 Å². The fourth-order valence-corrected chi connectivity index (χ4v) is 2.78. The van der Waals surface area contributed by atoms with Crippen LogP contribution in [0.15, 0.2) is 67.4 Å². The molecule has 0 spiro atoms. The van der Waals surface area contributed by atoms with Crippen LogP contribution in [0, 0.1) is 11.3 Å². The molecule has 0 aliphatic rings. The molecule has 0 saturated carbocycles. The van der Waals surface area contributed by atoms with Crippen LogP contribution < -0.4 is 4.90 Å². The van der Waals surface area contributed by atoms with Crippen LogP contribution in [0.1, 0.15) is 16.1 Å². The predicted octanol–water partition coefficient (Wildman–Crippen LogP) is 2.94. The van der Waals surface area contributed by atoms with Gasteiger partial charge in [-0.15, -0.1) is 0 Å². The third-order valence-corrected chi connectivity index (χ3v) is 4.28. The van der Waals surface area contributed by atoms with Gasteiger partial charge in [0.25, 0.3) is 5.91 Å². The number of carbonyl (C=O) groups is 1. The molecule has 3 heterocycles. The summed E-state index contributed by atoms with van der Waals surface area (Å²) in [6.45, 7) is 0. The molecule has 0 atom stereocenters. The average molecular weight is 354 g/mol. The van der Waals surface area contributed by atoms with Crippen molar-refractivity contribution in [3.63, 3.8) is 0 Å². The second kappa shape index (κ2) is 6.69. The lowest BCUT2D eigenvalue weighted by Gasteiger charge is -2.17. The molecule has 3 aromatic heterocycles. The molecule has 0 bridgehead atoms. The number of anilines is 1. The number of imidazole rings is 1. The first-order valence-corrected chi connectivity index (χ1v) is 8.19. The maximum Gasteiger partial charge on any atom is 0.278 e. The molecule has 7 nitrogen and oxygen atoms in total. The molecule has 0 fully saturated rings. The van der Waals surface area contributed by atoms with E-state index >= 15 is 0 Å². The highest BCUT2D eigenvalue weighted by atomic mass is 16.2. The minimum Gasteiger partial charge on any atom is -0.310 e. The van der Waals surface area contributed by atoms with Crippen molar-refractivity contribution < 1.29 is 4.79 Å². The molecule has 0 saturated heterocycles. The maximum atomic E-state index is 12.9. The summed E-state index contributed by atoms with van der Waals surface area (Å²) in [5.74, 6) is -0.254. The minimum absolute atomic E-state index is 0.254. The van der Waals surface area contributed by atoms with Crippen LogP contribution >= 0.6 is 0 Å². The summed E-state index contributed by atoms with van der Waals surface area (Å²) in [4.78, 5) is 27.0. The van der Waals surface area contributed by atoms with Gasteiger partial charge < -0.3 is 4.90 Å². The number of amides is 1. The van der Waals surface area contributed by atoms with Gasteiger partial charge in [-0.2, -0.15) is 5.26 Å². The van der Waals surface area contributed by atoms with E-state index in [0.29, 0.717) is 22.6 Å². The Balaban J connectivity index is 1.70. The second-order valence-electron chi connectivity index (χ2n) is 5.90. The van der Waals surface area contributed by atoms with Gasteiger partial charge >= 0.3 is 0 Å². The molecular weight excluding hydrogens is 340 g/mol. The van der Waals surface area contributed by atoms with Crippen molar-refractivity contribution >= 4 is 17.2 Å². The number of hydrogen-bond donors (Lipinski definition) is 0. The standard InChI is InChI=1S/C20H14N6O/c1-25(16-4-2-14(10-21)3-5-16)20(27)17-13-26-18(11-24-19(26)12-23-17)15-6-8-22-9-7-15/h2-9,11-13H,1H3. The number of aromatic nitrogens is 4. The first-order chi connectivity index (χ1) is 13.2. The molecule has 4 aromatic rings. The Kier molecular flexibility index (Phi) is 4.07. The zero-order valence-corrected chi connectivity index (χ0v) is 14.4. The number of benzene rings is 1. The van der Waals surface area contributed by atoms with Gasteiger partial charge in [-0.1, -0.05) is 0 Å². The lowest BCUT2D eigenvalue weighted by molar-refractivity contribution is 0.0988. The highest BCUT2D eigenvalue weighted by Gasteiger charge is 2.17. The van der Waals surface area contributed by atoms with Crippen molar-refractivity contribution in [2.45, 2.75) is 0 Å². The Hall–Kier alpha value is -4.05. The van der Waals surface area contributed by atoms with Crippen LogP contribution in [0.25, 0.3) is 16.9 Å². The molecule has 7 heteroatoms. The van der Waals surface area contributed by atoms with Crippen LogP contribution in [0.4, 0.5) is 5.69 Å². The van der Waals surface area contributed by atoms with Crippen LogP contribution in [0.3, 0.4) is 0 Å². The fraction of sp³-hybridized carbons (Fsp3) is 0.0500. The van der Waals surface area contributed by atoms with Crippen LogP contribution in [0.5, 0.6) is 0 Å². The van der Waals surface area contributed by atoms with Crippen molar-refractivity contribution in [2.24, 2.45) is 0 Å². The summed E-state index contributed by atoms with van der Waals surface area (Å²) in [6, 6.07) is 12.6. The van der Waals surface area contributed by atoms with E-state index in [9.17, 15) is 4.79 Å². The van der Waals surface area contributed by atoms with Crippen molar-refractivity contribution in [2.75, 3.05) is 11.9 Å². The summed E-state index contributed by atoms with van der Waals surface area (Å²) in [5.41, 5.74) is 3.97. The molecule has 130 valence electrons. The summed E-state index contributed by atoms with van der Waals surface area (Å²) >= 11 is 0. The largest absolute Gasteiger partial charge is 0.310 e. The molecule has 0 unspecified atom stereocenters. The van der Waals surface area contributed by atoms with Gasteiger partial charge in [0.2, 0.25) is 0 Å². The monoisotopic (exact) mass is 354 g/mol. The van der Waals surface area contributed by atoms with Gasteiger partial charge in [0.15, 0.2) is 5.65 Å². The van der Waals surface area contributed by atoms with Gasteiger partial charge in [-0.3, -0.25) is 14.2 Å². The molecule has 0 aliphatic carbocycles. The Labute approximate surface area is 155 Å². The molecule has 27 heavy (non-hydrogen) atoms. The van der Waals surface area contributed by atoms with Crippen LogP contribution in [-0.4, -0.2) is 32.3 Å². The lowest BCUT2D eigenvalue weighted by Crippen LogP contribution is -2.27. The number of pyridine rings is 1. The number of fused-ring (bicyclic) bond motifs is 1.